The maximum atomic E-state index is 12.7. The molecule has 4 saturated heterocycles. The number of alkyl halides is 3. The van der Waals surface area contributed by atoms with Crippen LogP contribution in [0, 0.1) is 10.8 Å². The van der Waals surface area contributed by atoms with Crippen LogP contribution in [0.4, 0.5) is 36.6 Å². The number of halogens is 3. The van der Waals surface area contributed by atoms with Crippen LogP contribution in [0.2, 0.25) is 0 Å². The highest BCUT2D eigenvalue weighted by molar-refractivity contribution is 5.73. The molecule has 1 N–H and O–H groups in total. The van der Waals surface area contributed by atoms with Crippen LogP contribution in [0.5, 0.6) is 5.75 Å². The first-order valence-corrected chi connectivity index (χ1v) is 12.8. The number of carbonyl (C=O) groups is 1. The van der Waals surface area contributed by atoms with Crippen LogP contribution in [-0.4, -0.2) is 96.4 Å². The summed E-state index contributed by atoms with van der Waals surface area (Å²) < 4.78 is 42.1. The van der Waals surface area contributed by atoms with Crippen LogP contribution < -0.4 is 19.9 Å². The second-order valence-corrected chi connectivity index (χ2v) is 11.4. The third kappa shape index (κ3) is 4.91. The standard InChI is InChI=1S/C25H31F3N8O2/c1-17(37)34-7-4-23(5-8-34)13-35(14-23)21-10-20(30-19-9-18(3-6-29-19)38-25(26,27)28)31-22(32-21)36-15-24(16-36)11-33(2)12-24/h3,6,9-10H,4-5,7-8,11-16H2,1-2H3,(H,29,30,31,32). The third-order valence-corrected chi connectivity index (χ3v) is 8.11. The number of nitrogens with zero attached hydrogens (tertiary/aromatic N) is 7. The highest BCUT2D eigenvalue weighted by Crippen LogP contribution is 2.44. The van der Waals surface area contributed by atoms with E-state index in [-0.39, 0.29) is 28.3 Å². The quantitative estimate of drug-likeness (QED) is 0.624. The minimum Gasteiger partial charge on any atom is -0.406 e. The first-order valence-electron chi connectivity index (χ1n) is 12.8. The number of pyridine rings is 1. The molecule has 0 aromatic carbocycles. The van der Waals surface area contributed by atoms with Gasteiger partial charge in [-0.1, -0.05) is 0 Å². The Bertz CT molecular complexity index is 1210. The first kappa shape index (κ1) is 25.0. The Labute approximate surface area is 218 Å². The summed E-state index contributed by atoms with van der Waals surface area (Å²) in [6, 6.07) is 4.16. The van der Waals surface area contributed by atoms with Gasteiger partial charge in [-0.05, 0) is 26.0 Å². The van der Waals surface area contributed by atoms with Gasteiger partial charge < -0.3 is 29.7 Å². The van der Waals surface area contributed by atoms with Gasteiger partial charge in [-0.15, -0.1) is 13.2 Å². The summed E-state index contributed by atoms with van der Waals surface area (Å²) in [5, 5.41) is 3.05. The predicted octanol–water partition coefficient (Wildman–Crippen LogP) is 2.71. The molecule has 1 amide bonds. The number of hydrogen-bond acceptors (Lipinski definition) is 9. The number of hydrogen-bond donors (Lipinski definition) is 1. The molecule has 2 aromatic rings. The fourth-order valence-electron chi connectivity index (χ4n) is 6.34. The number of anilines is 4. The van der Waals surface area contributed by atoms with Gasteiger partial charge in [0.25, 0.3) is 0 Å². The lowest BCUT2D eigenvalue weighted by molar-refractivity contribution is -0.274. The Hall–Kier alpha value is -3.35. The van der Waals surface area contributed by atoms with Crippen molar-refractivity contribution in [2.24, 2.45) is 10.8 Å². The molecule has 0 radical (unpaired) electrons. The summed E-state index contributed by atoms with van der Waals surface area (Å²) >= 11 is 0. The minimum absolute atomic E-state index is 0.121. The number of aromatic nitrogens is 3. The van der Waals surface area contributed by atoms with E-state index in [1.54, 1.807) is 6.92 Å². The summed E-state index contributed by atoms with van der Waals surface area (Å²) in [5.41, 5.74) is 0.463. The molecular formula is C25H31F3N8O2. The van der Waals surface area contributed by atoms with Crippen LogP contribution in [0.3, 0.4) is 0 Å². The Morgan fingerprint density at radius 3 is 2.29 bits per heavy atom. The fourth-order valence-corrected chi connectivity index (χ4v) is 6.34. The lowest BCUT2D eigenvalue weighted by Crippen LogP contribution is -2.71. The maximum absolute atomic E-state index is 12.7. The summed E-state index contributed by atoms with van der Waals surface area (Å²) in [7, 11) is 2.11. The van der Waals surface area contributed by atoms with Crippen molar-refractivity contribution in [2.45, 2.75) is 26.1 Å². The highest BCUT2D eigenvalue weighted by atomic mass is 19.4. The van der Waals surface area contributed by atoms with Crippen molar-refractivity contribution in [2.75, 3.05) is 74.5 Å². The number of likely N-dealkylation sites (tertiary alicyclic amines) is 2. The van der Waals surface area contributed by atoms with E-state index in [9.17, 15) is 18.0 Å². The van der Waals surface area contributed by atoms with E-state index < -0.39 is 6.36 Å². The van der Waals surface area contributed by atoms with Crippen molar-refractivity contribution >= 4 is 29.3 Å². The van der Waals surface area contributed by atoms with Gasteiger partial charge in [0.2, 0.25) is 11.9 Å². The maximum Gasteiger partial charge on any atom is 0.573 e. The molecule has 4 aliphatic rings. The van der Waals surface area contributed by atoms with Gasteiger partial charge in [0.05, 0.1) is 0 Å². The number of ether oxygens (including phenoxy) is 1. The number of rotatable bonds is 5. The fraction of sp³-hybridized carbons (Fsp3) is 0.600. The molecule has 6 rings (SSSR count). The molecule has 2 aromatic heterocycles. The summed E-state index contributed by atoms with van der Waals surface area (Å²) in [6.07, 6.45) is -1.61. The van der Waals surface area contributed by atoms with Crippen LogP contribution >= 0.6 is 0 Å². The molecular weight excluding hydrogens is 501 g/mol. The SMILES string of the molecule is CC(=O)N1CCC2(CC1)CN(c1cc(Nc3cc(OC(F)(F)F)ccn3)nc(N3CC4(CN(C)C4)C3)n1)C2. The van der Waals surface area contributed by atoms with Crippen molar-refractivity contribution in [1.82, 2.24) is 24.8 Å². The molecule has 0 aliphatic carbocycles. The van der Waals surface area contributed by atoms with Crippen LogP contribution in [0.25, 0.3) is 0 Å². The van der Waals surface area contributed by atoms with E-state index in [1.807, 2.05) is 11.0 Å². The highest BCUT2D eigenvalue weighted by Gasteiger charge is 2.51. The molecule has 13 heteroatoms. The van der Waals surface area contributed by atoms with E-state index in [0.29, 0.717) is 11.8 Å². The molecule has 4 fully saturated rings. The number of amides is 1. The van der Waals surface area contributed by atoms with Gasteiger partial charge in [-0.2, -0.15) is 9.97 Å². The zero-order valence-electron chi connectivity index (χ0n) is 21.5. The molecule has 10 nitrogen and oxygen atoms in total. The van der Waals surface area contributed by atoms with Gasteiger partial charge in [0.15, 0.2) is 0 Å². The van der Waals surface area contributed by atoms with Gasteiger partial charge in [0.1, 0.15) is 23.2 Å². The van der Waals surface area contributed by atoms with Gasteiger partial charge in [-0.3, -0.25) is 4.79 Å². The van der Waals surface area contributed by atoms with E-state index in [4.69, 9.17) is 4.98 Å². The van der Waals surface area contributed by atoms with E-state index >= 15 is 0 Å². The molecule has 0 bridgehead atoms. The van der Waals surface area contributed by atoms with Crippen molar-refractivity contribution in [3.05, 3.63) is 24.4 Å². The van der Waals surface area contributed by atoms with Crippen LogP contribution in [0.15, 0.2) is 24.4 Å². The molecule has 204 valence electrons. The van der Waals surface area contributed by atoms with Crippen molar-refractivity contribution in [3.63, 3.8) is 0 Å². The lowest BCUT2D eigenvalue weighted by Gasteiger charge is -2.59. The smallest absolute Gasteiger partial charge is 0.406 e. The number of piperidine rings is 1. The van der Waals surface area contributed by atoms with Crippen molar-refractivity contribution in [3.8, 4) is 5.75 Å². The Morgan fingerprint density at radius 2 is 1.66 bits per heavy atom. The number of nitrogens with one attached hydrogen (secondary N) is 1. The van der Waals surface area contributed by atoms with Crippen molar-refractivity contribution in [1.29, 1.82) is 0 Å². The monoisotopic (exact) mass is 532 g/mol. The van der Waals surface area contributed by atoms with Crippen LogP contribution in [0.1, 0.15) is 19.8 Å². The zero-order valence-corrected chi connectivity index (χ0v) is 21.5. The van der Waals surface area contributed by atoms with E-state index in [2.05, 4.69) is 41.8 Å². The largest absolute Gasteiger partial charge is 0.573 e. The zero-order chi connectivity index (χ0) is 26.7. The second-order valence-electron chi connectivity index (χ2n) is 11.4. The average molecular weight is 533 g/mol. The van der Waals surface area contributed by atoms with Gasteiger partial charge in [-0.25, -0.2) is 4.98 Å². The summed E-state index contributed by atoms with van der Waals surface area (Å²) in [4.78, 5) is 34.0. The van der Waals surface area contributed by atoms with Crippen LogP contribution in [-0.2, 0) is 4.79 Å². The molecule has 0 saturated carbocycles. The number of carbonyl (C=O) groups excluding carboxylic acids is 1. The second kappa shape index (κ2) is 8.85. The van der Waals surface area contributed by atoms with Gasteiger partial charge >= 0.3 is 6.36 Å². The Balaban J connectivity index is 1.20. The predicted molar refractivity (Wildman–Crippen MR) is 135 cm³/mol. The molecule has 6 heterocycles. The Morgan fingerprint density at radius 1 is 0.974 bits per heavy atom. The van der Waals surface area contributed by atoms with Gasteiger partial charge in [0, 0.05) is 88.4 Å². The van der Waals surface area contributed by atoms with Crippen molar-refractivity contribution < 1.29 is 22.7 Å². The molecule has 38 heavy (non-hydrogen) atoms. The average Bonchev–Trinajstić information content (AvgIpc) is 2.77. The normalized spacial score (nSPS) is 22.1. The van der Waals surface area contributed by atoms with E-state index in [0.717, 1.165) is 77.1 Å². The lowest BCUT2D eigenvalue weighted by atomic mass is 9.72. The molecule has 4 aliphatic heterocycles. The minimum atomic E-state index is -4.79. The first-order chi connectivity index (χ1) is 18.0. The van der Waals surface area contributed by atoms with E-state index in [1.165, 1.54) is 12.3 Å². The topological polar surface area (TPSA) is 90.0 Å². The summed E-state index contributed by atoms with van der Waals surface area (Å²) in [6.45, 7) is 8.70. The molecule has 0 unspecified atom stereocenters. The Kier molecular flexibility index (Phi) is 5.82. The third-order valence-electron chi connectivity index (χ3n) is 8.11. The molecule has 0 atom stereocenters. The summed E-state index contributed by atoms with van der Waals surface area (Å²) in [5.74, 6) is 1.78. The molecule has 2 spiro atoms.